The van der Waals surface area contributed by atoms with Gasteiger partial charge in [0.1, 0.15) is 0 Å². The Balaban J connectivity index is 1.65. The molecule has 4 fully saturated rings. The van der Waals surface area contributed by atoms with Gasteiger partial charge in [-0.05, 0) is 71.3 Å². The lowest BCUT2D eigenvalue weighted by atomic mass is 9.76. The molecule has 0 aliphatic heterocycles. The van der Waals surface area contributed by atoms with Crippen molar-refractivity contribution in [2.75, 3.05) is 0 Å². The Morgan fingerprint density at radius 1 is 0.586 bits per heavy atom. The van der Waals surface area contributed by atoms with Gasteiger partial charge < -0.3 is 0 Å². The molecule has 1 heteroatoms. The van der Waals surface area contributed by atoms with Crippen molar-refractivity contribution in [1.82, 2.24) is 0 Å². The highest BCUT2D eigenvalue weighted by Crippen LogP contribution is 2.67. The molecule has 0 bridgehead atoms. The maximum Gasteiger partial charge on any atom is 0.0547 e. The molecular formula is C28H52Si. The van der Waals surface area contributed by atoms with Crippen LogP contribution < -0.4 is 0 Å². The number of hydrogen-bond acceptors (Lipinski definition) is 0. The lowest BCUT2D eigenvalue weighted by Gasteiger charge is -2.47. The van der Waals surface area contributed by atoms with Crippen molar-refractivity contribution in [3.63, 3.8) is 0 Å². The first-order valence-corrected chi connectivity index (χ1v) is 17.1. The monoisotopic (exact) mass is 416 g/mol. The van der Waals surface area contributed by atoms with Gasteiger partial charge in [-0.2, -0.15) is 0 Å². The molecule has 0 aromatic heterocycles. The first kappa shape index (κ1) is 22.4. The maximum atomic E-state index is 2.91. The van der Waals surface area contributed by atoms with Crippen LogP contribution in [0.25, 0.3) is 0 Å². The third-order valence-electron chi connectivity index (χ3n) is 11.2. The zero-order chi connectivity index (χ0) is 20.8. The van der Waals surface area contributed by atoms with Crippen molar-refractivity contribution in [2.45, 2.75) is 129 Å². The van der Waals surface area contributed by atoms with Crippen LogP contribution in [0.4, 0.5) is 0 Å². The van der Waals surface area contributed by atoms with Gasteiger partial charge >= 0.3 is 0 Å². The predicted octanol–water partition coefficient (Wildman–Crippen LogP) is 9.18. The van der Waals surface area contributed by atoms with E-state index in [2.05, 4.69) is 40.8 Å². The van der Waals surface area contributed by atoms with E-state index in [9.17, 15) is 0 Å². The second-order valence-corrected chi connectivity index (χ2v) is 17.7. The van der Waals surface area contributed by atoms with E-state index >= 15 is 0 Å². The van der Waals surface area contributed by atoms with Crippen molar-refractivity contribution in [3.05, 3.63) is 0 Å². The largest absolute Gasteiger partial charge is 0.0689 e. The highest BCUT2D eigenvalue weighted by atomic mass is 28.3. The molecule has 4 aliphatic carbocycles. The SMILES string of the molecule is CCCC1C(C)C([Si](C)(C)C2C(C)C(CCC)C3CCCCC32)C2CCCCC12. The van der Waals surface area contributed by atoms with Gasteiger partial charge in [-0.3, -0.25) is 0 Å². The summed E-state index contributed by atoms with van der Waals surface area (Å²) in [5.41, 5.74) is 2.25. The van der Waals surface area contributed by atoms with E-state index in [-0.39, 0.29) is 0 Å². The van der Waals surface area contributed by atoms with E-state index in [1.165, 1.54) is 38.5 Å². The molecule has 168 valence electrons. The fraction of sp³-hybridized carbons (Fsp3) is 1.00. The summed E-state index contributed by atoms with van der Waals surface area (Å²) in [4.78, 5) is 0. The van der Waals surface area contributed by atoms with Crippen LogP contribution in [0.3, 0.4) is 0 Å². The van der Waals surface area contributed by atoms with Gasteiger partial charge in [-0.15, -0.1) is 0 Å². The van der Waals surface area contributed by atoms with Crippen molar-refractivity contribution in [2.24, 2.45) is 47.3 Å². The highest BCUT2D eigenvalue weighted by molar-refractivity contribution is 6.80. The summed E-state index contributed by atoms with van der Waals surface area (Å²) in [5.74, 6) is 8.57. The maximum absolute atomic E-state index is 2.91. The molecule has 0 spiro atoms. The van der Waals surface area contributed by atoms with Gasteiger partial charge in [-0.25, -0.2) is 0 Å². The van der Waals surface area contributed by atoms with Crippen LogP contribution >= 0.6 is 0 Å². The second-order valence-electron chi connectivity index (χ2n) is 12.7. The molecule has 29 heavy (non-hydrogen) atoms. The lowest BCUT2D eigenvalue weighted by molar-refractivity contribution is 0.208. The minimum absolute atomic E-state index is 1.02. The summed E-state index contributed by atoms with van der Waals surface area (Å²) in [6, 6.07) is 0. The Kier molecular flexibility index (Phi) is 6.95. The number of rotatable bonds is 6. The summed E-state index contributed by atoms with van der Waals surface area (Å²) in [6.07, 6.45) is 18.3. The van der Waals surface area contributed by atoms with Crippen LogP contribution in [0.1, 0.15) is 105 Å². The zero-order valence-corrected chi connectivity index (χ0v) is 21.8. The van der Waals surface area contributed by atoms with Crippen LogP contribution in [0.15, 0.2) is 0 Å². The van der Waals surface area contributed by atoms with E-state index in [1.54, 1.807) is 38.5 Å². The Morgan fingerprint density at radius 2 is 0.931 bits per heavy atom. The van der Waals surface area contributed by atoms with Crippen molar-refractivity contribution in [3.8, 4) is 0 Å². The molecule has 0 amide bonds. The summed E-state index contributed by atoms with van der Waals surface area (Å²) < 4.78 is 0. The summed E-state index contributed by atoms with van der Waals surface area (Å²) >= 11 is 0. The standard InChI is InChI=1S/C28H52Si/c1-7-13-21-19(3)27(25-17-11-9-15-23(21)25)29(5,6)28-20(4)22(14-8-2)24-16-10-12-18-26(24)28/h19-28H,7-18H2,1-6H3. The van der Waals surface area contributed by atoms with E-state index in [0.717, 1.165) is 58.4 Å². The van der Waals surface area contributed by atoms with Gasteiger partial charge in [0.25, 0.3) is 0 Å². The van der Waals surface area contributed by atoms with Crippen molar-refractivity contribution in [1.29, 1.82) is 0 Å². The summed E-state index contributed by atoms with van der Waals surface area (Å²) in [5, 5.41) is 0. The van der Waals surface area contributed by atoms with Crippen molar-refractivity contribution < 1.29 is 0 Å². The third-order valence-corrected chi connectivity index (χ3v) is 16.6. The molecule has 4 aliphatic rings. The molecule has 0 radical (unpaired) electrons. The van der Waals surface area contributed by atoms with Crippen LogP contribution in [0.5, 0.6) is 0 Å². The van der Waals surface area contributed by atoms with Crippen LogP contribution in [-0.4, -0.2) is 8.07 Å². The lowest BCUT2D eigenvalue weighted by Crippen LogP contribution is -2.46. The van der Waals surface area contributed by atoms with Gasteiger partial charge in [0.15, 0.2) is 0 Å². The smallest absolute Gasteiger partial charge is 0.0547 e. The van der Waals surface area contributed by atoms with Crippen LogP contribution in [0.2, 0.25) is 24.2 Å². The van der Waals surface area contributed by atoms with E-state index < -0.39 is 8.07 Å². The zero-order valence-electron chi connectivity index (χ0n) is 20.8. The molecule has 10 unspecified atom stereocenters. The average molecular weight is 417 g/mol. The third kappa shape index (κ3) is 3.72. The Hall–Kier alpha value is 0.217. The molecule has 4 saturated carbocycles. The normalized spacial score (nSPS) is 47.8. The minimum atomic E-state index is -1.32. The molecule has 0 saturated heterocycles. The minimum Gasteiger partial charge on any atom is -0.0689 e. The summed E-state index contributed by atoms with van der Waals surface area (Å²) in [7, 11) is -1.32. The molecular weight excluding hydrogens is 364 g/mol. The molecule has 0 N–H and O–H groups in total. The van der Waals surface area contributed by atoms with Gasteiger partial charge in [0, 0.05) is 0 Å². The number of hydrogen-bond donors (Lipinski definition) is 0. The van der Waals surface area contributed by atoms with Crippen LogP contribution in [-0.2, 0) is 0 Å². The van der Waals surface area contributed by atoms with Gasteiger partial charge in [-0.1, -0.05) is 105 Å². The Labute approximate surface area is 184 Å². The fourth-order valence-corrected chi connectivity index (χ4v) is 17.4. The highest BCUT2D eigenvalue weighted by Gasteiger charge is 2.61. The first-order valence-electron chi connectivity index (χ1n) is 13.9. The quantitative estimate of drug-likeness (QED) is 0.378. The number of fused-ring (bicyclic) bond motifs is 2. The van der Waals surface area contributed by atoms with E-state index in [0.29, 0.717) is 0 Å². The molecule has 0 aromatic rings. The molecule has 0 nitrogen and oxygen atoms in total. The van der Waals surface area contributed by atoms with E-state index in [4.69, 9.17) is 0 Å². The Morgan fingerprint density at radius 3 is 1.28 bits per heavy atom. The van der Waals surface area contributed by atoms with Gasteiger partial charge in [0.05, 0.1) is 8.07 Å². The average Bonchev–Trinajstić information content (AvgIpc) is 3.15. The Bertz CT molecular complexity index is 488. The van der Waals surface area contributed by atoms with Crippen molar-refractivity contribution >= 4 is 8.07 Å². The molecule has 10 atom stereocenters. The van der Waals surface area contributed by atoms with Gasteiger partial charge in [0.2, 0.25) is 0 Å². The summed E-state index contributed by atoms with van der Waals surface area (Å²) in [6.45, 7) is 16.2. The predicted molar refractivity (Wildman–Crippen MR) is 131 cm³/mol. The first-order chi connectivity index (χ1) is 13.9. The molecule has 0 aromatic carbocycles. The fourth-order valence-electron chi connectivity index (χ4n) is 10.7. The second kappa shape index (κ2) is 8.99. The molecule has 0 heterocycles. The van der Waals surface area contributed by atoms with E-state index in [1.807, 2.05) is 0 Å². The van der Waals surface area contributed by atoms with Crippen LogP contribution in [0, 0.1) is 47.3 Å². The topological polar surface area (TPSA) is 0 Å². The molecule has 4 rings (SSSR count).